The molecule has 0 saturated carbocycles. The van der Waals surface area contributed by atoms with Crippen LogP contribution < -0.4 is 0 Å². The minimum Gasteiger partial charge on any atom is -0.533 e. The molecule has 4 aromatic rings. The number of hydrogen-bond acceptors (Lipinski definition) is 3. The van der Waals surface area contributed by atoms with Crippen molar-refractivity contribution in [2.75, 3.05) is 0 Å². The quantitative estimate of drug-likeness (QED) is 0.194. The minimum atomic E-state index is 0. The molecule has 160 valence electrons. The SMILES string of the molecule is C1=Cc2cc3ccc(cc4ccc(cc5nc(cc1n2)C=C5)[nH]4)[nH]3.Oc1cc[c-]cc1.[Cu+]. The van der Waals surface area contributed by atoms with Gasteiger partial charge in [0.15, 0.2) is 0 Å². The number of nitrogens with one attached hydrogen (secondary N) is 2. The van der Waals surface area contributed by atoms with Gasteiger partial charge in [-0.3, -0.25) is 0 Å². The number of fused-ring (bicyclic) bond motifs is 8. The number of aromatic nitrogens is 4. The third-order valence-corrected chi connectivity index (χ3v) is 4.74. The van der Waals surface area contributed by atoms with Crippen LogP contribution in [-0.2, 0) is 17.1 Å². The van der Waals surface area contributed by atoms with E-state index in [0.717, 1.165) is 44.8 Å². The Hall–Kier alpha value is -3.86. The monoisotopic (exact) mass is 466 g/mol. The van der Waals surface area contributed by atoms with Gasteiger partial charge < -0.3 is 15.1 Å². The first-order valence-electron chi connectivity index (χ1n) is 9.89. The van der Waals surface area contributed by atoms with Crippen LogP contribution in [0.4, 0.5) is 0 Å². The van der Waals surface area contributed by atoms with Crippen molar-refractivity contribution in [1.82, 2.24) is 19.9 Å². The Balaban J connectivity index is 0.000000265. The summed E-state index contributed by atoms with van der Waals surface area (Å²) in [5.41, 5.74) is 7.86. The molecule has 0 saturated heterocycles. The van der Waals surface area contributed by atoms with Crippen molar-refractivity contribution >= 4 is 46.4 Å². The Kier molecular flexibility index (Phi) is 6.36. The molecule has 0 aliphatic carbocycles. The average molecular weight is 467 g/mol. The number of nitrogens with zero attached hydrogens (tertiary/aromatic N) is 2. The summed E-state index contributed by atoms with van der Waals surface area (Å²) in [6.45, 7) is 0. The summed E-state index contributed by atoms with van der Waals surface area (Å²) < 4.78 is 0. The molecule has 2 aliphatic heterocycles. The van der Waals surface area contributed by atoms with Gasteiger partial charge in [0.2, 0.25) is 0 Å². The number of aromatic hydroxyl groups is 1. The summed E-state index contributed by atoms with van der Waals surface area (Å²) >= 11 is 0. The molecule has 3 N–H and O–H groups in total. The van der Waals surface area contributed by atoms with Gasteiger partial charge >= 0.3 is 17.1 Å². The molecule has 2 aliphatic rings. The topological polar surface area (TPSA) is 77.6 Å². The standard InChI is InChI=1S/C20H14N4.C6H5O.Cu/c1-2-14-10-16-5-6-18(23-16)12-20-8-7-19(24-20)11-17-4-3-15(22-17)9-13(1)21-14;7-6-4-2-1-3-5-6;/h1-12,21-22H;2-5,7H;/q;-1;+1. The van der Waals surface area contributed by atoms with E-state index in [4.69, 9.17) is 5.11 Å². The van der Waals surface area contributed by atoms with Crippen molar-refractivity contribution in [1.29, 1.82) is 0 Å². The Labute approximate surface area is 195 Å². The van der Waals surface area contributed by atoms with Gasteiger partial charge in [-0.2, -0.15) is 18.2 Å². The zero-order valence-corrected chi connectivity index (χ0v) is 17.8. The van der Waals surface area contributed by atoms with Crippen molar-refractivity contribution in [3.05, 3.63) is 102 Å². The van der Waals surface area contributed by atoms with Crippen LogP contribution in [-0.4, -0.2) is 25.0 Å². The maximum Gasteiger partial charge on any atom is 1.00 e. The smallest absolute Gasteiger partial charge is 0.533 e. The zero-order valence-electron chi connectivity index (χ0n) is 16.9. The number of phenols is 1. The number of aromatic amines is 2. The van der Waals surface area contributed by atoms with Crippen molar-refractivity contribution in [3.63, 3.8) is 0 Å². The molecule has 0 spiro atoms. The summed E-state index contributed by atoms with van der Waals surface area (Å²) in [6.07, 6.45) is 8.05. The van der Waals surface area contributed by atoms with Crippen LogP contribution in [0.25, 0.3) is 46.4 Å². The first-order chi connectivity index (χ1) is 15.2. The normalized spacial score (nSPS) is 11.4. The molecule has 8 bridgehead atoms. The van der Waals surface area contributed by atoms with Gasteiger partial charge in [-0.25, -0.2) is 9.97 Å². The molecule has 0 amide bonds. The molecule has 0 unspecified atom stereocenters. The molecule has 6 heteroatoms. The fourth-order valence-electron chi connectivity index (χ4n) is 3.32. The predicted octanol–water partition coefficient (Wildman–Crippen LogP) is 5.85. The second kappa shape index (κ2) is 9.52. The fraction of sp³-hybridized carbons (Fsp3) is 0. The van der Waals surface area contributed by atoms with Crippen LogP contribution in [0.2, 0.25) is 0 Å². The van der Waals surface area contributed by atoms with Gasteiger partial charge in [-0.05, 0) is 72.8 Å². The van der Waals surface area contributed by atoms with Crippen LogP contribution in [0.1, 0.15) is 22.8 Å². The van der Waals surface area contributed by atoms with Gasteiger partial charge in [0.05, 0.1) is 22.8 Å². The van der Waals surface area contributed by atoms with Crippen molar-refractivity contribution in [3.8, 4) is 5.75 Å². The van der Waals surface area contributed by atoms with Crippen LogP contribution in [0.5, 0.6) is 5.75 Å². The summed E-state index contributed by atoms with van der Waals surface area (Å²) in [5.74, 6) is 0.291. The van der Waals surface area contributed by atoms with Gasteiger partial charge in [-0.15, -0.1) is 12.1 Å². The Morgan fingerprint density at radius 2 is 0.969 bits per heavy atom. The molecule has 6 rings (SSSR count). The van der Waals surface area contributed by atoms with E-state index in [1.807, 2.05) is 42.5 Å². The molecule has 5 heterocycles. The summed E-state index contributed by atoms with van der Waals surface area (Å²) in [6, 6.07) is 25.7. The Morgan fingerprint density at radius 1 is 0.562 bits per heavy atom. The van der Waals surface area contributed by atoms with Gasteiger partial charge in [-0.1, -0.05) is 0 Å². The van der Waals surface area contributed by atoms with Crippen molar-refractivity contribution in [2.45, 2.75) is 0 Å². The third kappa shape index (κ3) is 5.24. The minimum absolute atomic E-state index is 0. The van der Waals surface area contributed by atoms with Crippen LogP contribution in [0.15, 0.2) is 72.8 Å². The number of benzene rings is 1. The van der Waals surface area contributed by atoms with E-state index < -0.39 is 0 Å². The second-order valence-corrected chi connectivity index (χ2v) is 7.16. The zero-order chi connectivity index (χ0) is 21.0. The molecule has 5 nitrogen and oxygen atoms in total. The predicted molar refractivity (Wildman–Crippen MR) is 126 cm³/mol. The molecule has 0 fully saturated rings. The van der Waals surface area contributed by atoms with Gasteiger partial charge in [0.25, 0.3) is 0 Å². The fourth-order valence-corrected chi connectivity index (χ4v) is 3.32. The number of phenolic OH excluding ortho intramolecular Hbond substituents is 1. The molecule has 3 aromatic heterocycles. The van der Waals surface area contributed by atoms with Gasteiger partial charge in [0, 0.05) is 27.8 Å². The maximum absolute atomic E-state index is 8.61. The summed E-state index contributed by atoms with van der Waals surface area (Å²) in [4.78, 5) is 16.0. The van der Waals surface area contributed by atoms with E-state index in [1.54, 1.807) is 24.3 Å². The first kappa shape index (κ1) is 21.4. The molecular weight excluding hydrogens is 448 g/mol. The maximum atomic E-state index is 8.61. The van der Waals surface area contributed by atoms with E-state index in [9.17, 15) is 0 Å². The number of hydrogen-bond donors (Lipinski definition) is 3. The second-order valence-electron chi connectivity index (χ2n) is 7.16. The van der Waals surface area contributed by atoms with E-state index in [-0.39, 0.29) is 17.1 Å². The van der Waals surface area contributed by atoms with Crippen LogP contribution in [0.3, 0.4) is 0 Å². The van der Waals surface area contributed by atoms with Crippen molar-refractivity contribution in [2.24, 2.45) is 0 Å². The summed E-state index contributed by atoms with van der Waals surface area (Å²) in [5, 5.41) is 8.61. The van der Waals surface area contributed by atoms with E-state index >= 15 is 0 Å². The Bertz CT molecular complexity index is 1360. The molecule has 0 radical (unpaired) electrons. The largest absolute Gasteiger partial charge is 1.00 e. The van der Waals surface area contributed by atoms with Gasteiger partial charge in [0.1, 0.15) is 0 Å². The number of H-pyrrole nitrogens is 2. The molecule has 32 heavy (non-hydrogen) atoms. The molecule has 0 atom stereocenters. The molecular formula is C26H19CuN4O. The molecule has 1 aromatic carbocycles. The first-order valence-corrected chi connectivity index (χ1v) is 9.89. The van der Waals surface area contributed by atoms with E-state index in [2.05, 4.69) is 56.3 Å². The third-order valence-electron chi connectivity index (χ3n) is 4.74. The van der Waals surface area contributed by atoms with Crippen molar-refractivity contribution < 1.29 is 22.2 Å². The van der Waals surface area contributed by atoms with Crippen LogP contribution in [0, 0.1) is 6.07 Å². The van der Waals surface area contributed by atoms with E-state index in [0.29, 0.717) is 5.75 Å². The van der Waals surface area contributed by atoms with Crippen LogP contribution >= 0.6 is 0 Å². The average Bonchev–Trinajstić information content (AvgIpc) is 3.55. The summed E-state index contributed by atoms with van der Waals surface area (Å²) in [7, 11) is 0. The van der Waals surface area contributed by atoms with E-state index in [1.165, 1.54) is 0 Å². The Morgan fingerprint density at radius 3 is 1.38 bits per heavy atom. The number of rotatable bonds is 0.